The summed E-state index contributed by atoms with van der Waals surface area (Å²) >= 11 is 1.81. The van der Waals surface area contributed by atoms with Crippen LogP contribution in [0.15, 0.2) is 29.2 Å². The Morgan fingerprint density at radius 3 is 2.27 bits per heavy atom. The minimum Gasteiger partial charge on any atom is -0.333 e. The van der Waals surface area contributed by atoms with Crippen molar-refractivity contribution in [1.29, 1.82) is 0 Å². The molecule has 1 aliphatic heterocycles. The van der Waals surface area contributed by atoms with Gasteiger partial charge in [-0.2, -0.15) is 11.8 Å². The van der Waals surface area contributed by atoms with Crippen molar-refractivity contribution in [3.8, 4) is 0 Å². The summed E-state index contributed by atoms with van der Waals surface area (Å²) < 4.78 is 25.1. The lowest BCUT2D eigenvalue weighted by Gasteiger charge is -2.43. The molecule has 0 radical (unpaired) electrons. The van der Waals surface area contributed by atoms with Gasteiger partial charge in [0.15, 0.2) is 0 Å². The second-order valence-corrected chi connectivity index (χ2v) is 9.70. The molecule has 2 amide bonds. The molecular formula is C14H21N3O3S2. The van der Waals surface area contributed by atoms with Crippen LogP contribution in [0.2, 0.25) is 0 Å². The zero-order valence-corrected chi connectivity index (χ0v) is 14.7. The number of amides is 2. The first kappa shape index (κ1) is 17.1. The largest absolute Gasteiger partial charge is 0.333 e. The molecule has 1 aliphatic rings. The Morgan fingerprint density at radius 1 is 1.27 bits per heavy atom. The summed E-state index contributed by atoms with van der Waals surface area (Å²) in [5.41, 5.74) is 0.556. The van der Waals surface area contributed by atoms with E-state index in [0.29, 0.717) is 5.69 Å². The average Bonchev–Trinajstić information content (AvgIpc) is 2.44. The summed E-state index contributed by atoms with van der Waals surface area (Å²) in [6.45, 7) is 4.18. The third kappa shape index (κ3) is 3.56. The SMILES string of the molecule is CN(C)S(=O)(=O)c1ccc(NC(=O)NC2CSC2(C)C)cc1. The molecule has 1 unspecified atom stereocenters. The van der Waals surface area contributed by atoms with E-state index in [1.807, 2.05) is 11.8 Å². The van der Waals surface area contributed by atoms with Gasteiger partial charge in [-0.1, -0.05) is 0 Å². The van der Waals surface area contributed by atoms with Gasteiger partial charge in [-0.25, -0.2) is 17.5 Å². The number of anilines is 1. The Kier molecular flexibility index (Phi) is 4.74. The second-order valence-electron chi connectivity index (χ2n) is 5.88. The molecule has 22 heavy (non-hydrogen) atoms. The lowest BCUT2D eigenvalue weighted by molar-refractivity contribution is 0.246. The summed E-state index contributed by atoms with van der Waals surface area (Å²) in [5.74, 6) is 0.903. The van der Waals surface area contributed by atoms with E-state index in [4.69, 9.17) is 0 Å². The molecule has 6 nitrogen and oxygen atoms in total. The van der Waals surface area contributed by atoms with Gasteiger partial charge in [0.25, 0.3) is 0 Å². The first-order valence-electron chi connectivity index (χ1n) is 6.87. The molecule has 1 saturated heterocycles. The molecule has 122 valence electrons. The molecule has 0 aromatic heterocycles. The highest BCUT2D eigenvalue weighted by molar-refractivity contribution is 8.02. The Labute approximate surface area is 135 Å². The van der Waals surface area contributed by atoms with E-state index < -0.39 is 10.0 Å². The minimum atomic E-state index is -3.45. The van der Waals surface area contributed by atoms with E-state index in [-0.39, 0.29) is 21.7 Å². The molecule has 1 aromatic carbocycles. The van der Waals surface area contributed by atoms with Crippen molar-refractivity contribution in [2.45, 2.75) is 29.5 Å². The number of urea groups is 1. The smallest absolute Gasteiger partial charge is 0.319 e. The summed E-state index contributed by atoms with van der Waals surface area (Å²) in [5, 5.41) is 5.64. The molecule has 0 saturated carbocycles. The predicted molar refractivity (Wildman–Crippen MR) is 89.8 cm³/mol. The quantitative estimate of drug-likeness (QED) is 0.876. The lowest BCUT2D eigenvalue weighted by Crippen LogP contribution is -2.57. The van der Waals surface area contributed by atoms with Crippen molar-refractivity contribution < 1.29 is 13.2 Å². The first-order chi connectivity index (χ1) is 10.1. The number of hydrogen-bond acceptors (Lipinski definition) is 4. The number of thioether (sulfide) groups is 1. The predicted octanol–water partition coefficient (Wildman–Crippen LogP) is 1.95. The fourth-order valence-electron chi connectivity index (χ4n) is 1.96. The topological polar surface area (TPSA) is 78.5 Å². The third-order valence-electron chi connectivity index (χ3n) is 3.66. The van der Waals surface area contributed by atoms with Crippen LogP contribution in [0, 0.1) is 0 Å². The van der Waals surface area contributed by atoms with E-state index >= 15 is 0 Å². The Balaban J connectivity index is 1.98. The van der Waals surface area contributed by atoms with Crippen molar-refractivity contribution in [3.05, 3.63) is 24.3 Å². The normalized spacial score (nSPS) is 20.3. The second kappa shape index (κ2) is 6.10. The van der Waals surface area contributed by atoms with Crippen LogP contribution in [0.5, 0.6) is 0 Å². The number of rotatable bonds is 4. The molecule has 1 heterocycles. The Bertz CT molecular complexity index is 654. The molecule has 1 atom stereocenters. The van der Waals surface area contributed by atoms with Crippen molar-refractivity contribution >= 4 is 33.5 Å². The number of nitrogens with zero attached hydrogens (tertiary/aromatic N) is 1. The van der Waals surface area contributed by atoms with E-state index in [1.165, 1.54) is 26.2 Å². The lowest BCUT2D eigenvalue weighted by atomic mass is 10.0. The Morgan fingerprint density at radius 2 is 1.86 bits per heavy atom. The monoisotopic (exact) mass is 343 g/mol. The highest BCUT2D eigenvalue weighted by Gasteiger charge is 2.40. The number of carbonyl (C=O) groups excluding carboxylic acids is 1. The van der Waals surface area contributed by atoms with E-state index in [1.54, 1.807) is 12.1 Å². The minimum absolute atomic E-state index is 0.0565. The van der Waals surface area contributed by atoms with Crippen LogP contribution < -0.4 is 10.6 Å². The van der Waals surface area contributed by atoms with Crippen molar-refractivity contribution in [3.63, 3.8) is 0 Å². The number of carbonyl (C=O) groups is 1. The van der Waals surface area contributed by atoms with E-state index in [2.05, 4.69) is 24.5 Å². The van der Waals surface area contributed by atoms with E-state index in [0.717, 1.165) is 10.1 Å². The molecule has 0 bridgehead atoms. The molecule has 8 heteroatoms. The zero-order chi connectivity index (χ0) is 16.5. The third-order valence-corrected chi connectivity index (χ3v) is 7.02. The fourth-order valence-corrected chi connectivity index (χ4v) is 4.01. The number of nitrogens with one attached hydrogen (secondary N) is 2. The molecule has 2 N–H and O–H groups in total. The fraction of sp³-hybridized carbons (Fsp3) is 0.500. The van der Waals surface area contributed by atoms with Gasteiger partial charge in [0.2, 0.25) is 10.0 Å². The van der Waals surface area contributed by atoms with Gasteiger partial charge in [0.1, 0.15) is 0 Å². The molecule has 1 fully saturated rings. The maximum absolute atomic E-state index is 12.0. The van der Waals surface area contributed by atoms with Gasteiger partial charge >= 0.3 is 6.03 Å². The summed E-state index contributed by atoms with van der Waals surface area (Å²) in [4.78, 5) is 12.1. The van der Waals surface area contributed by atoms with Gasteiger partial charge in [-0.05, 0) is 38.1 Å². The maximum atomic E-state index is 12.0. The van der Waals surface area contributed by atoms with Crippen molar-refractivity contribution in [2.24, 2.45) is 0 Å². The van der Waals surface area contributed by atoms with Crippen molar-refractivity contribution in [2.75, 3.05) is 25.2 Å². The number of hydrogen-bond donors (Lipinski definition) is 2. The van der Waals surface area contributed by atoms with Crippen LogP contribution in [-0.2, 0) is 10.0 Å². The number of benzene rings is 1. The van der Waals surface area contributed by atoms with E-state index in [9.17, 15) is 13.2 Å². The van der Waals surface area contributed by atoms with Crippen LogP contribution in [0.3, 0.4) is 0 Å². The molecule has 0 spiro atoms. The van der Waals surface area contributed by atoms with Gasteiger partial charge < -0.3 is 10.6 Å². The molecule has 2 rings (SSSR count). The van der Waals surface area contributed by atoms with Crippen molar-refractivity contribution in [1.82, 2.24) is 9.62 Å². The number of sulfonamides is 1. The Hall–Kier alpha value is -1.25. The molecule has 0 aliphatic carbocycles. The van der Waals surface area contributed by atoms with Crippen LogP contribution in [0.1, 0.15) is 13.8 Å². The summed E-state index contributed by atoms with van der Waals surface area (Å²) in [6.07, 6.45) is 0. The highest BCUT2D eigenvalue weighted by Crippen LogP contribution is 2.39. The van der Waals surface area contributed by atoms with Crippen LogP contribution in [-0.4, -0.2) is 49.4 Å². The van der Waals surface area contributed by atoms with Gasteiger partial charge in [-0.3, -0.25) is 0 Å². The van der Waals surface area contributed by atoms with Gasteiger partial charge in [0.05, 0.1) is 10.9 Å². The first-order valence-corrected chi connectivity index (χ1v) is 9.29. The molecule has 1 aromatic rings. The van der Waals surface area contributed by atoms with Crippen LogP contribution >= 0.6 is 11.8 Å². The summed E-state index contributed by atoms with van der Waals surface area (Å²) in [7, 11) is -0.490. The summed E-state index contributed by atoms with van der Waals surface area (Å²) in [6, 6.07) is 5.99. The van der Waals surface area contributed by atoms with Crippen LogP contribution in [0.25, 0.3) is 0 Å². The average molecular weight is 343 g/mol. The zero-order valence-electron chi connectivity index (χ0n) is 13.1. The van der Waals surface area contributed by atoms with Gasteiger partial charge in [0, 0.05) is 30.3 Å². The molecular weight excluding hydrogens is 322 g/mol. The van der Waals surface area contributed by atoms with Gasteiger partial charge in [-0.15, -0.1) is 0 Å². The standard InChI is InChI=1S/C14H21N3O3S2/c1-14(2)12(9-21-14)16-13(18)15-10-5-7-11(8-6-10)22(19,20)17(3)4/h5-8,12H,9H2,1-4H3,(H2,15,16,18). The van der Waals surface area contributed by atoms with Crippen LogP contribution in [0.4, 0.5) is 10.5 Å². The maximum Gasteiger partial charge on any atom is 0.319 e. The highest BCUT2D eigenvalue weighted by atomic mass is 32.2.